The van der Waals surface area contributed by atoms with Gasteiger partial charge in [0.25, 0.3) is 5.89 Å². The average Bonchev–Trinajstić information content (AvgIpc) is 3.48. The first kappa shape index (κ1) is 25.1. The minimum atomic E-state index is -2.88. The lowest BCUT2D eigenvalue weighted by Gasteiger charge is -2.12. The maximum absolute atomic E-state index is 14.6. The van der Waals surface area contributed by atoms with Crippen molar-refractivity contribution in [3.63, 3.8) is 0 Å². The van der Waals surface area contributed by atoms with E-state index in [1.165, 1.54) is 28.4 Å². The molecule has 2 heterocycles. The predicted octanol–water partition coefficient (Wildman–Crippen LogP) is 5.52. The zero-order valence-electron chi connectivity index (χ0n) is 19.8. The molecule has 0 aliphatic carbocycles. The Morgan fingerprint density at radius 2 is 1.68 bits per heavy atom. The Kier molecular flexibility index (Phi) is 8.17. The normalized spacial score (nSPS) is 11.1. The Balaban J connectivity index is 0.00000158. The van der Waals surface area contributed by atoms with Crippen molar-refractivity contribution in [2.24, 2.45) is 0 Å². The number of hydrogen-bond donors (Lipinski definition) is 0. The molecule has 0 aliphatic heterocycles. The van der Waals surface area contributed by atoms with Crippen LogP contribution in [0.15, 0.2) is 47.0 Å². The van der Waals surface area contributed by atoms with Crippen LogP contribution in [0.4, 0.5) is 13.2 Å². The number of alkyl halides is 2. The van der Waals surface area contributed by atoms with Crippen LogP contribution in [0.3, 0.4) is 0 Å². The van der Waals surface area contributed by atoms with Gasteiger partial charge in [-0.05, 0) is 50.3 Å². The number of aromatic nitrogens is 5. The topological polar surface area (TPSA) is 72.9 Å². The Morgan fingerprint density at radius 3 is 2.29 bits per heavy atom. The molecule has 0 atom stereocenters. The summed E-state index contributed by atoms with van der Waals surface area (Å²) in [5, 5.41) is 15.1. The van der Waals surface area contributed by atoms with Crippen LogP contribution in [0.1, 0.15) is 42.9 Å². The number of halogens is 3. The monoisotopic (exact) mass is 472 g/mol. The van der Waals surface area contributed by atoms with Crippen molar-refractivity contribution in [1.29, 1.82) is 0 Å². The van der Waals surface area contributed by atoms with Crippen molar-refractivity contribution in [3.05, 3.63) is 71.0 Å². The molecule has 180 valence electrons. The fourth-order valence-corrected chi connectivity index (χ4v) is 3.30. The molecule has 4 rings (SSSR count). The molecular weight excluding hydrogens is 445 g/mol. The first-order valence-electron chi connectivity index (χ1n) is 10.9. The van der Waals surface area contributed by atoms with E-state index in [-0.39, 0.29) is 18.0 Å². The average molecular weight is 473 g/mol. The number of hydrogen-bond acceptors (Lipinski definition) is 6. The van der Waals surface area contributed by atoms with E-state index in [2.05, 4.69) is 44.5 Å². The van der Waals surface area contributed by atoms with Crippen LogP contribution in [0.5, 0.6) is 0 Å². The second-order valence-electron chi connectivity index (χ2n) is 7.73. The molecule has 0 spiro atoms. The molecule has 0 fully saturated rings. The highest BCUT2D eigenvalue weighted by Crippen LogP contribution is 2.25. The first-order chi connectivity index (χ1) is 16.3. The van der Waals surface area contributed by atoms with Crippen molar-refractivity contribution in [3.8, 4) is 22.7 Å². The van der Waals surface area contributed by atoms with Crippen LogP contribution in [0.2, 0.25) is 0 Å². The summed E-state index contributed by atoms with van der Waals surface area (Å²) >= 11 is 0. The fraction of sp³-hybridized carbons (Fsp3) is 0.333. The highest BCUT2D eigenvalue weighted by atomic mass is 19.3. The number of nitrogens with zero attached hydrogens (tertiary/aromatic N) is 6. The van der Waals surface area contributed by atoms with Crippen molar-refractivity contribution in [2.75, 3.05) is 14.1 Å². The van der Waals surface area contributed by atoms with Crippen molar-refractivity contribution >= 4 is 0 Å². The third-order valence-corrected chi connectivity index (χ3v) is 4.92. The highest BCUT2D eigenvalue weighted by Gasteiger charge is 2.18. The van der Waals surface area contributed by atoms with Gasteiger partial charge in [-0.3, -0.25) is 0 Å². The lowest BCUT2D eigenvalue weighted by Crippen LogP contribution is -2.11. The molecule has 4 aromatic rings. The Labute approximate surface area is 196 Å². The van der Waals surface area contributed by atoms with Crippen LogP contribution in [0, 0.1) is 12.7 Å². The van der Waals surface area contributed by atoms with Gasteiger partial charge in [0.15, 0.2) is 0 Å². The zero-order valence-corrected chi connectivity index (χ0v) is 19.8. The SMILES string of the molecule is CC.Cc1cc(-c2cn(Cc3ccc(-c4nnc(C(F)F)o4)cc3F)nn2)ccc1CN(C)C. The van der Waals surface area contributed by atoms with E-state index in [0.29, 0.717) is 11.3 Å². The predicted molar refractivity (Wildman–Crippen MR) is 123 cm³/mol. The quantitative estimate of drug-likeness (QED) is 0.353. The zero-order chi connectivity index (χ0) is 24.8. The molecule has 0 amide bonds. The fourth-order valence-electron chi connectivity index (χ4n) is 3.30. The van der Waals surface area contributed by atoms with E-state index in [0.717, 1.165) is 17.7 Å². The largest absolute Gasteiger partial charge is 0.415 e. The van der Waals surface area contributed by atoms with Gasteiger partial charge in [-0.2, -0.15) is 8.78 Å². The summed E-state index contributed by atoms with van der Waals surface area (Å²) in [6, 6.07) is 10.3. The van der Waals surface area contributed by atoms with Gasteiger partial charge < -0.3 is 9.32 Å². The summed E-state index contributed by atoms with van der Waals surface area (Å²) < 4.78 is 46.2. The minimum Gasteiger partial charge on any atom is -0.415 e. The molecule has 0 aliphatic rings. The van der Waals surface area contributed by atoms with Gasteiger partial charge in [0.2, 0.25) is 5.89 Å². The second-order valence-corrected chi connectivity index (χ2v) is 7.73. The molecule has 0 unspecified atom stereocenters. The molecule has 0 saturated heterocycles. The lowest BCUT2D eigenvalue weighted by atomic mass is 10.0. The van der Waals surface area contributed by atoms with Gasteiger partial charge in [0.05, 0.1) is 12.7 Å². The van der Waals surface area contributed by atoms with Gasteiger partial charge in [0, 0.05) is 23.2 Å². The molecular formula is C24H27F3N6O. The molecule has 0 bridgehead atoms. The molecule has 0 N–H and O–H groups in total. The van der Waals surface area contributed by atoms with Gasteiger partial charge in [-0.15, -0.1) is 15.3 Å². The van der Waals surface area contributed by atoms with Crippen molar-refractivity contribution < 1.29 is 17.6 Å². The standard InChI is InChI=1S/C22H21F3N6O.C2H6/c1-13-8-14(4-6-16(13)10-30(2)3)19-12-31(29-26-19)11-17-7-5-15(9-18(17)23)21-27-28-22(32-21)20(24)25;1-2/h4-9,12,20H,10-11H2,1-3H3;1-2H3. The molecule has 34 heavy (non-hydrogen) atoms. The minimum absolute atomic E-state index is 0.156. The number of aryl methyl sites for hydroxylation is 1. The van der Waals surface area contributed by atoms with Crippen LogP contribution >= 0.6 is 0 Å². The maximum atomic E-state index is 14.6. The molecule has 0 saturated carbocycles. The van der Waals surface area contributed by atoms with Crippen LogP contribution in [-0.4, -0.2) is 44.2 Å². The van der Waals surface area contributed by atoms with E-state index in [1.807, 2.05) is 34.0 Å². The van der Waals surface area contributed by atoms with Gasteiger partial charge in [0.1, 0.15) is 11.5 Å². The van der Waals surface area contributed by atoms with E-state index in [4.69, 9.17) is 4.42 Å². The van der Waals surface area contributed by atoms with Crippen LogP contribution in [-0.2, 0) is 13.1 Å². The second kappa shape index (κ2) is 11.1. The summed E-state index contributed by atoms with van der Waals surface area (Å²) in [5.74, 6) is -1.51. The van der Waals surface area contributed by atoms with Crippen molar-refractivity contribution in [1.82, 2.24) is 30.1 Å². The van der Waals surface area contributed by atoms with Gasteiger partial charge in [-0.1, -0.05) is 37.3 Å². The Morgan fingerprint density at radius 1 is 0.971 bits per heavy atom. The summed E-state index contributed by atoms with van der Waals surface area (Å²) in [7, 11) is 4.04. The maximum Gasteiger partial charge on any atom is 0.314 e. The van der Waals surface area contributed by atoms with Gasteiger partial charge in [-0.25, -0.2) is 9.07 Å². The first-order valence-corrected chi connectivity index (χ1v) is 10.9. The third kappa shape index (κ3) is 5.88. The summed E-state index contributed by atoms with van der Waals surface area (Å²) in [4.78, 5) is 2.11. The Hall–Kier alpha value is -3.53. The smallest absolute Gasteiger partial charge is 0.314 e. The molecule has 0 radical (unpaired) electrons. The molecule has 10 heteroatoms. The van der Waals surface area contributed by atoms with Crippen molar-refractivity contribution in [2.45, 2.75) is 40.3 Å². The number of rotatable bonds is 7. The highest BCUT2D eigenvalue weighted by molar-refractivity contribution is 5.60. The van der Waals surface area contributed by atoms with Crippen LogP contribution in [0.25, 0.3) is 22.7 Å². The summed E-state index contributed by atoms with van der Waals surface area (Å²) in [5.41, 5.74) is 4.58. The number of benzene rings is 2. The summed E-state index contributed by atoms with van der Waals surface area (Å²) in [6.07, 6.45) is -1.13. The van der Waals surface area contributed by atoms with E-state index in [9.17, 15) is 13.2 Å². The van der Waals surface area contributed by atoms with E-state index < -0.39 is 18.1 Å². The molecule has 2 aromatic heterocycles. The van der Waals surface area contributed by atoms with Crippen LogP contribution < -0.4 is 0 Å². The summed E-state index contributed by atoms with van der Waals surface area (Å²) in [6.45, 7) is 7.06. The Bertz CT molecular complexity index is 1240. The van der Waals surface area contributed by atoms with E-state index in [1.54, 1.807) is 6.20 Å². The third-order valence-electron chi connectivity index (χ3n) is 4.92. The van der Waals surface area contributed by atoms with E-state index >= 15 is 0 Å². The van der Waals surface area contributed by atoms with Gasteiger partial charge >= 0.3 is 6.43 Å². The lowest BCUT2D eigenvalue weighted by molar-refractivity contribution is 0.116. The molecule has 2 aromatic carbocycles. The molecule has 7 nitrogen and oxygen atoms in total.